The molecule has 0 aliphatic heterocycles. The maximum atomic E-state index is 10.5. The van der Waals surface area contributed by atoms with Gasteiger partial charge in [0.05, 0.1) is 4.92 Å². The third kappa shape index (κ3) is 5.25. The summed E-state index contributed by atoms with van der Waals surface area (Å²) in [6.07, 6.45) is 1.07. The maximum absolute atomic E-state index is 10.5. The molecule has 6 heteroatoms. The minimum Gasteiger partial charge on any atom is -0.310 e. The van der Waals surface area contributed by atoms with Crippen LogP contribution in [0, 0.1) is 10.1 Å². The van der Waals surface area contributed by atoms with Gasteiger partial charge in [0.1, 0.15) is 0 Å². The molecule has 0 aliphatic rings. The highest BCUT2D eigenvalue weighted by Gasteiger charge is 2.10. The predicted molar refractivity (Wildman–Crippen MR) is 70.4 cm³/mol. The van der Waals surface area contributed by atoms with Crippen LogP contribution in [0.5, 0.6) is 0 Å². The fraction of sp³-hybridized carbons (Fsp3) is 0.636. The van der Waals surface area contributed by atoms with Crippen molar-refractivity contribution in [2.45, 2.75) is 25.9 Å². The molecule has 0 saturated carbocycles. The van der Waals surface area contributed by atoms with E-state index in [2.05, 4.69) is 31.2 Å². The van der Waals surface area contributed by atoms with Gasteiger partial charge in [0, 0.05) is 24.0 Å². The lowest BCUT2D eigenvalue weighted by molar-refractivity contribution is -0.380. The van der Waals surface area contributed by atoms with E-state index in [9.17, 15) is 10.1 Å². The fourth-order valence-corrected chi connectivity index (χ4v) is 2.13. The molecule has 0 aromatic carbocycles. The minimum atomic E-state index is -0.344. The number of nitro groups is 1. The summed E-state index contributed by atoms with van der Waals surface area (Å²) in [7, 11) is 4.10. The Kier molecular flexibility index (Phi) is 5.54. The fourth-order valence-electron chi connectivity index (χ4n) is 1.40. The summed E-state index contributed by atoms with van der Waals surface area (Å²) in [5.74, 6) is 0. The first-order chi connectivity index (χ1) is 7.99. The zero-order chi connectivity index (χ0) is 12.8. The highest BCUT2D eigenvalue weighted by Crippen LogP contribution is 2.22. The van der Waals surface area contributed by atoms with Crippen molar-refractivity contribution >= 4 is 16.3 Å². The largest absolute Gasteiger partial charge is 0.324 e. The third-order valence-electron chi connectivity index (χ3n) is 2.48. The van der Waals surface area contributed by atoms with Crippen molar-refractivity contribution in [2.75, 3.05) is 20.6 Å². The summed E-state index contributed by atoms with van der Waals surface area (Å²) in [4.78, 5) is 12.3. The second kappa shape index (κ2) is 6.68. The molecule has 0 spiro atoms. The van der Waals surface area contributed by atoms with Crippen LogP contribution in [0.2, 0.25) is 0 Å². The van der Waals surface area contributed by atoms with Gasteiger partial charge in [-0.05, 0) is 39.5 Å². The molecule has 5 nitrogen and oxygen atoms in total. The number of nitrogens with one attached hydrogen (secondary N) is 1. The van der Waals surface area contributed by atoms with Crippen molar-refractivity contribution in [3.8, 4) is 0 Å². The molecule has 0 saturated heterocycles. The molecule has 0 bridgehead atoms. The van der Waals surface area contributed by atoms with Crippen molar-refractivity contribution in [1.29, 1.82) is 0 Å². The lowest BCUT2D eigenvalue weighted by Gasteiger charge is -2.16. The number of rotatable bonds is 7. The van der Waals surface area contributed by atoms with E-state index >= 15 is 0 Å². The Bertz CT molecular complexity index is 365. The SMILES string of the molecule is CC(CCN(C)C)NCc1csc([N+](=O)[O-])c1. The van der Waals surface area contributed by atoms with Gasteiger partial charge in [-0.3, -0.25) is 10.1 Å². The zero-order valence-corrected chi connectivity index (χ0v) is 11.3. The van der Waals surface area contributed by atoms with Crippen LogP contribution in [0.15, 0.2) is 11.4 Å². The Hall–Kier alpha value is -0.980. The zero-order valence-electron chi connectivity index (χ0n) is 10.5. The van der Waals surface area contributed by atoms with Gasteiger partial charge >= 0.3 is 5.00 Å². The van der Waals surface area contributed by atoms with Crippen LogP contribution in [-0.4, -0.2) is 36.5 Å². The van der Waals surface area contributed by atoms with E-state index in [1.165, 1.54) is 11.3 Å². The van der Waals surface area contributed by atoms with Gasteiger partial charge in [-0.25, -0.2) is 0 Å². The minimum absolute atomic E-state index is 0.211. The summed E-state index contributed by atoms with van der Waals surface area (Å²) in [5.41, 5.74) is 0.985. The van der Waals surface area contributed by atoms with Crippen LogP contribution in [0.4, 0.5) is 5.00 Å². The van der Waals surface area contributed by atoms with Gasteiger partial charge in [0.2, 0.25) is 0 Å². The van der Waals surface area contributed by atoms with Crippen molar-refractivity contribution < 1.29 is 4.92 Å². The molecular weight excluding hydrogens is 238 g/mol. The van der Waals surface area contributed by atoms with E-state index in [-0.39, 0.29) is 9.92 Å². The van der Waals surface area contributed by atoms with Crippen molar-refractivity contribution in [1.82, 2.24) is 10.2 Å². The monoisotopic (exact) mass is 257 g/mol. The average molecular weight is 257 g/mol. The molecule has 1 heterocycles. The summed E-state index contributed by atoms with van der Waals surface area (Å²) in [5, 5.41) is 15.9. The van der Waals surface area contributed by atoms with Crippen LogP contribution in [-0.2, 0) is 6.54 Å². The molecule has 1 rings (SSSR count). The first-order valence-corrected chi connectivity index (χ1v) is 6.47. The number of thiophene rings is 1. The molecule has 0 fully saturated rings. The first-order valence-electron chi connectivity index (χ1n) is 5.59. The van der Waals surface area contributed by atoms with Crippen LogP contribution in [0.25, 0.3) is 0 Å². The molecule has 1 unspecified atom stereocenters. The van der Waals surface area contributed by atoms with E-state index in [0.717, 1.165) is 18.5 Å². The summed E-state index contributed by atoms with van der Waals surface area (Å²) >= 11 is 1.18. The first kappa shape index (κ1) is 14.1. The smallest absolute Gasteiger partial charge is 0.310 e. The van der Waals surface area contributed by atoms with E-state index in [1.807, 2.05) is 5.38 Å². The maximum Gasteiger partial charge on any atom is 0.324 e. The summed E-state index contributed by atoms with van der Waals surface area (Å²) in [6, 6.07) is 2.05. The predicted octanol–water partition coefficient (Wildman–Crippen LogP) is 2.09. The second-order valence-corrected chi connectivity index (χ2v) is 5.31. The lowest BCUT2D eigenvalue weighted by Crippen LogP contribution is -2.29. The van der Waals surface area contributed by atoms with E-state index < -0.39 is 0 Å². The Balaban J connectivity index is 2.31. The van der Waals surface area contributed by atoms with E-state index in [1.54, 1.807) is 6.07 Å². The van der Waals surface area contributed by atoms with Crippen molar-refractivity contribution in [3.05, 3.63) is 27.1 Å². The molecule has 0 amide bonds. The Morgan fingerprint density at radius 2 is 2.29 bits per heavy atom. The van der Waals surface area contributed by atoms with E-state index in [4.69, 9.17) is 0 Å². The van der Waals surface area contributed by atoms with Gasteiger partial charge in [0.25, 0.3) is 0 Å². The number of hydrogen-bond donors (Lipinski definition) is 1. The molecule has 1 N–H and O–H groups in total. The van der Waals surface area contributed by atoms with Crippen molar-refractivity contribution in [3.63, 3.8) is 0 Å². The van der Waals surface area contributed by atoms with Gasteiger partial charge in [-0.2, -0.15) is 0 Å². The van der Waals surface area contributed by atoms with Crippen LogP contribution >= 0.6 is 11.3 Å². The molecule has 1 aromatic heterocycles. The molecule has 17 heavy (non-hydrogen) atoms. The Labute approximate surface area is 106 Å². The van der Waals surface area contributed by atoms with Gasteiger partial charge < -0.3 is 10.2 Å². The molecule has 0 radical (unpaired) electrons. The molecule has 0 aliphatic carbocycles. The second-order valence-electron chi connectivity index (χ2n) is 4.42. The highest BCUT2D eigenvalue weighted by molar-refractivity contribution is 7.13. The van der Waals surface area contributed by atoms with Gasteiger partial charge in [-0.1, -0.05) is 11.3 Å². The van der Waals surface area contributed by atoms with Gasteiger partial charge in [0.15, 0.2) is 0 Å². The molecular formula is C11H19N3O2S. The Morgan fingerprint density at radius 1 is 1.59 bits per heavy atom. The van der Waals surface area contributed by atoms with Crippen LogP contribution in [0.3, 0.4) is 0 Å². The molecule has 1 aromatic rings. The third-order valence-corrected chi connectivity index (χ3v) is 3.41. The number of hydrogen-bond acceptors (Lipinski definition) is 5. The van der Waals surface area contributed by atoms with Crippen LogP contribution < -0.4 is 5.32 Å². The number of nitrogens with zero attached hydrogens (tertiary/aromatic N) is 2. The molecule has 96 valence electrons. The normalized spacial score (nSPS) is 12.9. The topological polar surface area (TPSA) is 58.4 Å². The quantitative estimate of drug-likeness (QED) is 0.600. The lowest BCUT2D eigenvalue weighted by atomic mass is 10.2. The Morgan fingerprint density at radius 3 is 2.82 bits per heavy atom. The average Bonchev–Trinajstić information content (AvgIpc) is 2.72. The van der Waals surface area contributed by atoms with Crippen molar-refractivity contribution in [2.24, 2.45) is 0 Å². The standard InChI is InChI=1S/C11H19N3O2S/c1-9(4-5-13(2)3)12-7-10-6-11(14(15)16)17-8-10/h6,8-9,12H,4-5,7H2,1-3H3. The summed E-state index contributed by atoms with van der Waals surface area (Å²) < 4.78 is 0. The van der Waals surface area contributed by atoms with E-state index in [0.29, 0.717) is 12.6 Å². The summed E-state index contributed by atoms with van der Waals surface area (Å²) in [6.45, 7) is 3.86. The van der Waals surface area contributed by atoms with Crippen LogP contribution in [0.1, 0.15) is 18.9 Å². The highest BCUT2D eigenvalue weighted by atomic mass is 32.1. The van der Waals surface area contributed by atoms with Gasteiger partial charge in [-0.15, -0.1) is 0 Å². The molecule has 1 atom stereocenters.